The van der Waals surface area contributed by atoms with Gasteiger partial charge in [0.15, 0.2) is 0 Å². The van der Waals surface area contributed by atoms with Crippen molar-refractivity contribution in [1.82, 2.24) is 25.0 Å². The van der Waals surface area contributed by atoms with E-state index in [4.69, 9.17) is 0 Å². The first-order chi connectivity index (χ1) is 15.5. The third kappa shape index (κ3) is 4.30. The van der Waals surface area contributed by atoms with Gasteiger partial charge in [-0.3, -0.25) is 9.59 Å². The van der Waals surface area contributed by atoms with Crippen LogP contribution >= 0.6 is 0 Å². The molecule has 1 aromatic heterocycles. The molecule has 5 rings (SSSR count). The van der Waals surface area contributed by atoms with E-state index in [0.717, 1.165) is 69.5 Å². The maximum absolute atomic E-state index is 12.9. The number of amides is 2. The lowest BCUT2D eigenvalue weighted by molar-refractivity contribution is -0.129. The number of nitrogens with one attached hydrogen (secondary N) is 1. The van der Waals surface area contributed by atoms with Crippen molar-refractivity contribution in [1.29, 1.82) is 0 Å². The van der Waals surface area contributed by atoms with Crippen LogP contribution in [0.4, 0.5) is 0 Å². The highest BCUT2D eigenvalue weighted by molar-refractivity contribution is 5.91. The molecule has 1 aliphatic carbocycles. The highest BCUT2D eigenvalue weighted by Crippen LogP contribution is 2.41. The summed E-state index contributed by atoms with van der Waals surface area (Å²) in [6.07, 6.45) is 8.73. The lowest BCUT2D eigenvalue weighted by Gasteiger charge is -2.27. The van der Waals surface area contributed by atoms with Gasteiger partial charge in [0.2, 0.25) is 11.7 Å². The van der Waals surface area contributed by atoms with Crippen LogP contribution in [0.1, 0.15) is 72.5 Å². The van der Waals surface area contributed by atoms with Gasteiger partial charge >= 0.3 is 0 Å². The van der Waals surface area contributed by atoms with Crippen LogP contribution in [0.3, 0.4) is 0 Å². The quantitative estimate of drug-likeness (QED) is 0.800. The maximum Gasteiger partial charge on any atom is 0.289 e. The number of aryl methyl sites for hydroxylation is 2. The third-order valence-electron chi connectivity index (χ3n) is 7.73. The highest BCUT2D eigenvalue weighted by Gasteiger charge is 2.41. The predicted molar refractivity (Wildman–Crippen MR) is 121 cm³/mol. The third-order valence-corrected chi connectivity index (χ3v) is 7.73. The van der Waals surface area contributed by atoms with Gasteiger partial charge in [0.05, 0.1) is 6.42 Å². The largest absolute Gasteiger partial charge is 0.347 e. The Morgan fingerprint density at radius 3 is 2.59 bits per heavy atom. The number of hydrogen-bond donors (Lipinski definition) is 1. The minimum Gasteiger partial charge on any atom is -0.347 e. The molecule has 0 radical (unpaired) electrons. The molecule has 3 aliphatic rings. The molecule has 1 spiro atoms. The monoisotopic (exact) mass is 435 g/mol. The van der Waals surface area contributed by atoms with E-state index >= 15 is 0 Å². The molecule has 1 saturated heterocycles. The molecule has 2 fully saturated rings. The lowest BCUT2D eigenvalue weighted by atomic mass is 9.80. The average Bonchev–Trinajstić information content (AvgIpc) is 3.50. The molecular formula is C25H33N5O2. The van der Waals surface area contributed by atoms with Gasteiger partial charge in [0, 0.05) is 32.1 Å². The zero-order valence-corrected chi connectivity index (χ0v) is 19.0. The molecule has 3 heterocycles. The molecule has 1 N–H and O–H groups in total. The topological polar surface area (TPSA) is 80.1 Å². The summed E-state index contributed by atoms with van der Waals surface area (Å²) in [5, 5.41) is 11.7. The molecule has 2 aliphatic heterocycles. The van der Waals surface area contributed by atoms with Crippen LogP contribution in [0, 0.1) is 12.3 Å². The number of rotatable bonds is 4. The molecule has 2 aromatic rings. The SMILES string of the molecule is Cc1ccc(CC(=O)N2CC[C@@]3(CCc4nnc(C(=O)NC5CCCC5)n4CC3)C2)cc1. The molecule has 7 heteroatoms. The summed E-state index contributed by atoms with van der Waals surface area (Å²) in [6, 6.07) is 8.50. The summed E-state index contributed by atoms with van der Waals surface area (Å²) in [6.45, 7) is 4.43. The second-order valence-electron chi connectivity index (χ2n) is 10.0. The van der Waals surface area contributed by atoms with Crippen molar-refractivity contribution < 1.29 is 9.59 Å². The molecule has 7 nitrogen and oxygen atoms in total. The van der Waals surface area contributed by atoms with Crippen LogP contribution in [-0.2, 0) is 24.2 Å². The Morgan fingerprint density at radius 1 is 1.06 bits per heavy atom. The van der Waals surface area contributed by atoms with Gasteiger partial charge in [-0.05, 0) is 50.0 Å². The van der Waals surface area contributed by atoms with Crippen LogP contribution in [-0.4, -0.2) is 50.6 Å². The van der Waals surface area contributed by atoms with Gasteiger partial charge in [0.25, 0.3) is 5.91 Å². The van der Waals surface area contributed by atoms with E-state index in [1.807, 2.05) is 9.47 Å². The van der Waals surface area contributed by atoms with Crippen molar-refractivity contribution in [3.63, 3.8) is 0 Å². The first kappa shape index (κ1) is 21.2. The van der Waals surface area contributed by atoms with Gasteiger partial charge in [-0.25, -0.2) is 0 Å². The Labute approximate surface area is 189 Å². The summed E-state index contributed by atoms with van der Waals surface area (Å²) < 4.78 is 2.02. The van der Waals surface area contributed by atoms with E-state index in [1.165, 1.54) is 18.4 Å². The van der Waals surface area contributed by atoms with E-state index in [2.05, 4.69) is 46.7 Å². The summed E-state index contributed by atoms with van der Waals surface area (Å²) in [4.78, 5) is 27.8. The summed E-state index contributed by atoms with van der Waals surface area (Å²) >= 11 is 0. The second-order valence-corrected chi connectivity index (χ2v) is 10.0. The zero-order valence-electron chi connectivity index (χ0n) is 19.0. The number of nitrogens with zero attached hydrogens (tertiary/aromatic N) is 4. The fraction of sp³-hybridized carbons (Fsp3) is 0.600. The normalized spacial score (nSPS) is 23.3. The fourth-order valence-electron chi connectivity index (χ4n) is 5.64. The van der Waals surface area contributed by atoms with E-state index in [0.29, 0.717) is 12.2 Å². The number of aromatic nitrogens is 3. The molecule has 32 heavy (non-hydrogen) atoms. The maximum atomic E-state index is 12.9. The Bertz CT molecular complexity index is 992. The van der Waals surface area contributed by atoms with E-state index in [9.17, 15) is 9.59 Å². The van der Waals surface area contributed by atoms with Gasteiger partial charge in [-0.1, -0.05) is 42.7 Å². The van der Waals surface area contributed by atoms with Crippen molar-refractivity contribution >= 4 is 11.8 Å². The molecule has 1 aromatic carbocycles. The van der Waals surface area contributed by atoms with E-state index < -0.39 is 0 Å². The minimum atomic E-state index is -0.0899. The molecule has 2 amide bonds. The Kier molecular flexibility index (Phi) is 5.74. The average molecular weight is 436 g/mol. The highest BCUT2D eigenvalue weighted by atomic mass is 16.2. The molecule has 1 saturated carbocycles. The summed E-state index contributed by atoms with van der Waals surface area (Å²) in [5.41, 5.74) is 2.40. The fourth-order valence-corrected chi connectivity index (χ4v) is 5.64. The second kappa shape index (κ2) is 8.68. The Hall–Kier alpha value is -2.70. The lowest BCUT2D eigenvalue weighted by Crippen LogP contribution is -2.35. The van der Waals surface area contributed by atoms with Crippen molar-refractivity contribution in [2.45, 2.75) is 77.3 Å². The Morgan fingerprint density at radius 2 is 1.81 bits per heavy atom. The van der Waals surface area contributed by atoms with Crippen molar-refractivity contribution in [2.75, 3.05) is 13.1 Å². The molecule has 1 atom stereocenters. The molecule has 0 unspecified atom stereocenters. The van der Waals surface area contributed by atoms with Crippen LogP contribution in [0.15, 0.2) is 24.3 Å². The van der Waals surface area contributed by atoms with Crippen molar-refractivity contribution in [3.05, 3.63) is 47.0 Å². The number of fused-ring (bicyclic) bond motifs is 1. The van der Waals surface area contributed by atoms with Crippen LogP contribution in [0.5, 0.6) is 0 Å². The van der Waals surface area contributed by atoms with Gasteiger partial charge in [-0.15, -0.1) is 10.2 Å². The van der Waals surface area contributed by atoms with Crippen LogP contribution < -0.4 is 5.32 Å². The number of carbonyl (C=O) groups excluding carboxylic acids is 2. The molecular weight excluding hydrogens is 402 g/mol. The predicted octanol–water partition coefficient (Wildman–Crippen LogP) is 3.06. The minimum absolute atomic E-state index is 0.0899. The van der Waals surface area contributed by atoms with E-state index in [-0.39, 0.29) is 23.3 Å². The van der Waals surface area contributed by atoms with E-state index in [1.54, 1.807) is 0 Å². The van der Waals surface area contributed by atoms with Gasteiger partial charge < -0.3 is 14.8 Å². The van der Waals surface area contributed by atoms with Crippen LogP contribution in [0.25, 0.3) is 0 Å². The number of hydrogen-bond acceptors (Lipinski definition) is 4. The standard InChI is InChI=1S/C25H33N5O2/c1-18-6-8-19(9-7-18)16-22(31)29-14-12-25(17-29)11-10-21-27-28-23(30(21)15-13-25)24(32)26-20-4-2-3-5-20/h6-9,20H,2-5,10-17H2,1H3,(H,26,32)/t25-/m1/s1. The first-order valence-electron chi connectivity index (χ1n) is 12.1. The summed E-state index contributed by atoms with van der Waals surface area (Å²) in [7, 11) is 0. The Balaban J connectivity index is 1.22. The number of carbonyl (C=O) groups is 2. The smallest absolute Gasteiger partial charge is 0.289 e. The van der Waals surface area contributed by atoms with Gasteiger partial charge in [0.1, 0.15) is 5.82 Å². The van der Waals surface area contributed by atoms with Crippen LogP contribution in [0.2, 0.25) is 0 Å². The number of benzene rings is 1. The zero-order chi connectivity index (χ0) is 22.1. The molecule has 170 valence electrons. The van der Waals surface area contributed by atoms with Crippen molar-refractivity contribution in [3.8, 4) is 0 Å². The van der Waals surface area contributed by atoms with Gasteiger partial charge in [-0.2, -0.15) is 0 Å². The van der Waals surface area contributed by atoms with Crippen molar-refractivity contribution in [2.24, 2.45) is 5.41 Å². The molecule has 0 bridgehead atoms. The number of likely N-dealkylation sites (tertiary alicyclic amines) is 1. The summed E-state index contributed by atoms with van der Waals surface area (Å²) in [5.74, 6) is 1.48. The first-order valence-corrected chi connectivity index (χ1v) is 12.1.